The molecule has 1 aromatic rings. The van der Waals surface area contributed by atoms with Crippen LogP contribution in [0.2, 0.25) is 5.15 Å². The number of amides is 1. The Morgan fingerprint density at radius 3 is 2.69 bits per heavy atom. The second-order valence-corrected chi connectivity index (χ2v) is 3.53. The van der Waals surface area contributed by atoms with E-state index in [0.29, 0.717) is 6.42 Å². The first-order valence-corrected chi connectivity index (χ1v) is 5.07. The van der Waals surface area contributed by atoms with Gasteiger partial charge >= 0.3 is 5.97 Å². The Labute approximate surface area is 97.4 Å². The highest BCUT2D eigenvalue weighted by Gasteiger charge is 2.18. The zero-order valence-corrected chi connectivity index (χ0v) is 9.36. The lowest BCUT2D eigenvalue weighted by molar-refractivity contribution is -0.139. The molecule has 1 aromatic heterocycles. The first-order chi connectivity index (χ1) is 7.54. The van der Waals surface area contributed by atoms with Crippen molar-refractivity contribution in [3.05, 3.63) is 29.0 Å². The van der Waals surface area contributed by atoms with Gasteiger partial charge < -0.3 is 10.4 Å². The van der Waals surface area contributed by atoms with Gasteiger partial charge in [-0.25, -0.2) is 9.78 Å². The molecule has 2 N–H and O–H groups in total. The van der Waals surface area contributed by atoms with Gasteiger partial charge in [0.15, 0.2) is 0 Å². The van der Waals surface area contributed by atoms with E-state index >= 15 is 0 Å². The Balaban J connectivity index is 2.71. The third kappa shape index (κ3) is 3.20. The van der Waals surface area contributed by atoms with E-state index in [0.717, 1.165) is 0 Å². The molecule has 1 amide bonds. The number of carbonyl (C=O) groups is 2. The molecule has 16 heavy (non-hydrogen) atoms. The molecule has 1 rings (SSSR count). The number of halogens is 1. The minimum Gasteiger partial charge on any atom is -0.480 e. The van der Waals surface area contributed by atoms with Crippen molar-refractivity contribution in [2.24, 2.45) is 0 Å². The number of carbonyl (C=O) groups excluding carboxylic acids is 1. The van der Waals surface area contributed by atoms with Crippen LogP contribution in [-0.4, -0.2) is 28.0 Å². The van der Waals surface area contributed by atoms with Crippen LogP contribution in [0.25, 0.3) is 0 Å². The molecule has 1 heterocycles. The number of nitrogens with zero attached hydrogens (tertiary/aromatic N) is 1. The molecule has 0 aromatic carbocycles. The summed E-state index contributed by atoms with van der Waals surface area (Å²) in [5, 5.41) is 11.4. The van der Waals surface area contributed by atoms with Crippen molar-refractivity contribution in [2.45, 2.75) is 19.4 Å². The molecule has 0 aliphatic carbocycles. The smallest absolute Gasteiger partial charge is 0.326 e. The summed E-state index contributed by atoms with van der Waals surface area (Å²) in [6.07, 6.45) is 1.62. The fourth-order valence-corrected chi connectivity index (χ4v) is 1.20. The highest BCUT2D eigenvalue weighted by atomic mass is 35.5. The van der Waals surface area contributed by atoms with E-state index in [4.69, 9.17) is 16.7 Å². The minimum absolute atomic E-state index is 0.279. The predicted octanol–water partition coefficient (Wildman–Crippen LogP) is 1.33. The average molecular weight is 243 g/mol. The molecular formula is C10H11ClN2O3. The lowest BCUT2D eigenvalue weighted by Gasteiger charge is -2.11. The van der Waals surface area contributed by atoms with Crippen LogP contribution in [0.5, 0.6) is 0 Å². The van der Waals surface area contributed by atoms with E-state index in [1.807, 2.05) is 0 Å². The summed E-state index contributed by atoms with van der Waals surface area (Å²) in [7, 11) is 0. The van der Waals surface area contributed by atoms with Gasteiger partial charge in [-0.3, -0.25) is 4.79 Å². The van der Waals surface area contributed by atoms with E-state index in [1.165, 1.54) is 18.3 Å². The maximum absolute atomic E-state index is 11.6. The maximum Gasteiger partial charge on any atom is 0.326 e. The van der Waals surface area contributed by atoms with Gasteiger partial charge in [-0.1, -0.05) is 18.5 Å². The van der Waals surface area contributed by atoms with Crippen LogP contribution in [0.15, 0.2) is 18.3 Å². The van der Waals surface area contributed by atoms with Gasteiger partial charge in [-0.15, -0.1) is 0 Å². The van der Waals surface area contributed by atoms with Crippen molar-refractivity contribution in [1.29, 1.82) is 0 Å². The Kier molecular flexibility index (Phi) is 4.25. The highest BCUT2D eigenvalue weighted by Crippen LogP contribution is 2.05. The zero-order valence-electron chi connectivity index (χ0n) is 8.61. The number of nitrogens with one attached hydrogen (secondary N) is 1. The highest BCUT2D eigenvalue weighted by molar-refractivity contribution is 6.29. The van der Waals surface area contributed by atoms with Gasteiger partial charge in [0.2, 0.25) is 0 Å². The SMILES string of the molecule is CC[C@H](NC(=O)c1ccc(Cl)nc1)C(=O)O. The molecule has 0 saturated heterocycles. The second-order valence-electron chi connectivity index (χ2n) is 3.14. The number of hydrogen-bond donors (Lipinski definition) is 2. The molecule has 1 atom stereocenters. The van der Waals surface area contributed by atoms with Gasteiger partial charge in [-0.2, -0.15) is 0 Å². The second kappa shape index (κ2) is 5.46. The quantitative estimate of drug-likeness (QED) is 0.781. The van der Waals surface area contributed by atoms with Gasteiger partial charge in [0.1, 0.15) is 11.2 Å². The van der Waals surface area contributed by atoms with Crippen molar-refractivity contribution >= 4 is 23.5 Å². The molecule has 86 valence electrons. The van der Waals surface area contributed by atoms with E-state index < -0.39 is 17.9 Å². The number of carboxylic acid groups (broad SMARTS) is 1. The van der Waals surface area contributed by atoms with Crippen LogP contribution in [0.4, 0.5) is 0 Å². The number of aromatic nitrogens is 1. The molecule has 0 spiro atoms. The van der Waals surface area contributed by atoms with Gasteiger partial charge in [0, 0.05) is 6.20 Å². The van der Waals surface area contributed by atoms with E-state index in [1.54, 1.807) is 6.92 Å². The van der Waals surface area contributed by atoms with Crippen molar-refractivity contribution in [3.63, 3.8) is 0 Å². The molecule has 0 saturated carbocycles. The van der Waals surface area contributed by atoms with Crippen molar-refractivity contribution in [1.82, 2.24) is 10.3 Å². The molecule has 5 nitrogen and oxygen atoms in total. The molecule has 0 radical (unpaired) electrons. The summed E-state index contributed by atoms with van der Waals surface area (Å²) >= 11 is 5.56. The standard InChI is InChI=1S/C10H11ClN2O3/c1-2-7(10(15)16)13-9(14)6-3-4-8(11)12-5-6/h3-5,7H,2H2,1H3,(H,13,14)(H,15,16)/t7-/m0/s1. The monoisotopic (exact) mass is 242 g/mol. The Bertz CT molecular complexity index is 392. The number of aliphatic carboxylic acids is 1. The van der Waals surface area contributed by atoms with Gasteiger partial charge in [0.05, 0.1) is 5.56 Å². The van der Waals surface area contributed by atoms with Crippen LogP contribution < -0.4 is 5.32 Å². The fourth-order valence-electron chi connectivity index (χ4n) is 1.09. The molecule has 0 fully saturated rings. The number of carboxylic acids is 1. The number of hydrogen-bond acceptors (Lipinski definition) is 3. The topological polar surface area (TPSA) is 79.3 Å². The third-order valence-electron chi connectivity index (χ3n) is 2.00. The Morgan fingerprint density at radius 1 is 1.56 bits per heavy atom. The molecule has 0 unspecified atom stereocenters. The van der Waals surface area contributed by atoms with E-state index in [9.17, 15) is 9.59 Å². The third-order valence-corrected chi connectivity index (χ3v) is 2.22. The predicted molar refractivity (Wildman–Crippen MR) is 58.4 cm³/mol. The molecule has 0 bridgehead atoms. The van der Waals surface area contributed by atoms with Crippen LogP contribution >= 0.6 is 11.6 Å². The maximum atomic E-state index is 11.6. The van der Waals surface area contributed by atoms with Crippen LogP contribution in [0.3, 0.4) is 0 Å². The lowest BCUT2D eigenvalue weighted by Crippen LogP contribution is -2.40. The van der Waals surface area contributed by atoms with Crippen LogP contribution in [0, 0.1) is 0 Å². The van der Waals surface area contributed by atoms with Gasteiger partial charge in [-0.05, 0) is 18.6 Å². The molecule has 6 heteroatoms. The van der Waals surface area contributed by atoms with E-state index in [2.05, 4.69) is 10.3 Å². The number of rotatable bonds is 4. The lowest BCUT2D eigenvalue weighted by atomic mass is 10.2. The first kappa shape index (κ1) is 12.4. The van der Waals surface area contributed by atoms with E-state index in [-0.39, 0.29) is 10.7 Å². The van der Waals surface area contributed by atoms with Gasteiger partial charge in [0.25, 0.3) is 5.91 Å². The number of pyridine rings is 1. The van der Waals surface area contributed by atoms with Crippen molar-refractivity contribution in [2.75, 3.05) is 0 Å². The summed E-state index contributed by atoms with van der Waals surface area (Å²) in [6.45, 7) is 1.68. The summed E-state index contributed by atoms with van der Waals surface area (Å²) < 4.78 is 0. The van der Waals surface area contributed by atoms with Crippen LogP contribution in [-0.2, 0) is 4.79 Å². The minimum atomic E-state index is -1.06. The summed E-state index contributed by atoms with van der Waals surface area (Å²) in [6, 6.07) is 2.07. The summed E-state index contributed by atoms with van der Waals surface area (Å²) in [4.78, 5) is 26.0. The Morgan fingerprint density at radius 2 is 2.25 bits per heavy atom. The summed E-state index contributed by atoms with van der Waals surface area (Å²) in [5.41, 5.74) is 0.282. The van der Waals surface area contributed by atoms with Crippen molar-refractivity contribution in [3.8, 4) is 0 Å². The molecular weight excluding hydrogens is 232 g/mol. The van der Waals surface area contributed by atoms with Crippen molar-refractivity contribution < 1.29 is 14.7 Å². The normalized spacial score (nSPS) is 11.9. The fraction of sp³-hybridized carbons (Fsp3) is 0.300. The molecule has 0 aliphatic heterocycles. The van der Waals surface area contributed by atoms with Crippen LogP contribution in [0.1, 0.15) is 23.7 Å². The zero-order chi connectivity index (χ0) is 12.1. The average Bonchev–Trinajstić information content (AvgIpc) is 2.26. The Hall–Kier alpha value is -1.62. The summed E-state index contributed by atoms with van der Waals surface area (Å²) in [5.74, 6) is -1.53. The molecule has 0 aliphatic rings. The first-order valence-electron chi connectivity index (χ1n) is 4.69. The largest absolute Gasteiger partial charge is 0.480 e.